The lowest BCUT2D eigenvalue weighted by Crippen LogP contribution is -2.15. The van der Waals surface area contributed by atoms with Crippen LogP contribution in [0.3, 0.4) is 0 Å². The predicted molar refractivity (Wildman–Crippen MR) is 93.6 cm³/mol. The molecule has 2 aliphatic rings. The maximum atomic E-state index is 12.9. The third-order valence-electron chi connectivity index (χ3n) is 4.52. The van der Waals surface area contributed by atoms with Crippen LogP contribution in [0.4, 0.5) is 11.4 Å². The lowest BCUT2D eigenvalue weighted by atomic mass is 9.99. The van der Waals surface area contributed by atoms with Gasteiger partial charge in [-0.05, 0) is 30.3 Å². The highest BCUT2D eigenvalue weighted by Crippen LogP contribution is 2.40. The number of carbonyl (C=O) groups excluding carboxylic acids is 1. The molecular weight excluding hydrogens is 304 g/mol. The van der Waals surface area contributed by atoms with Gasteiger partial charge in [0.15, 0.2) is 0 Å². The first-order chi connectivity index (χ1) is 11.6. The third kappa shape index (κ3) is 2.46. The zero-order chi connectivity index (χ0) is 16.7. The van der Waals surface area contributed by atoms with Gasteiger partial charge in [-0.25, -0.2) is 0 Å². The summed E-state index contributed by atoms with van der Waals surface area (Å²) in [5.41, 5.74) is 4.51. The van der Waals surface area contributed by atoms with Crippen molar-refractivity contribution in [3.63, 3.8) is 0 Å². The third-order valence-corrected chi connectivity index (χ3v) is 4.52. The molecule has 0 spiro atoms. The Bertz CT molecular complexity index is 765. The second-order valence-electron chi connectivity index (χ2n) is 6.31. The molecule has 0 aromatic heterocycles. The van der Waals surface area contributed by atoms with Crippen LogP contribution in [0.2, 0.25) is 0 Å². The van der Waals surface area contributed by atoms with Crippen LogP contribution in [-0.4, -0.2) is 33.2 Å². The van der Waals surface area contributed by atoms with Gasteiger partial charge in [-0.2, -0.15) is 0 Å². The van der Waals surface area contributed by atoms with Crippen LogP contribution < -0.4 is 19.7 Å². The topological polar surface area (TPSA) is 50.8 Å². The van der Waals surface area contributed by atoms with E-state index in [9.17, 15) is 4.79 Å². The number of carbonyl (C=O) groups is 1. The average molecular weight is 324 g/mol. The Kier molecular flexibility index (Phi) is 3.56. The molecule has 2 aliphatic heterocycles. The number of anilines is 2. The Balaban J connectivity index is 1.65. The zero-order valence-corrected chi connectivity index (χ0v) is 13.9. The first-order valence-corrected chi connectivity index (χ1v) is 8.16. The number of amides is 1. The second-order valence-corrected chi connectivity index (χ2v) is 6.31. The van der Waals surface area contributed by atoms with E-state index in [0.29, 0.717) is 18.8 Å². The van der Waals surface area contributed by atoms with Crippen LogP contribution in [0.15, 0.2) is 30.3 Å². The van der Waals surface area contributed by atoms with Crippen LogP contribution in [0, 0.1) is 0 Å². The van der Waals surface area contributed by atoms with Crippen molar-refractivity contribution in [2.24, 2.45) is 0 Å². The van der Waals surface area contributed by atoms with Crippen molar-refractivity contribution in [1.29, 1.82) is 0 Å². The molecule has 0 saturated carbocycles. The Labute approximate surface area is 141 Å². The minimum Gasteiger partial charge on any atom is -0.493 e. The summed E-state index contributed by atoms with van der Waals surface area (Å²) >= 11 is 0. The van der Waals surface area contributed by atoms with Gasteiger partial charge < -0.3 is 19.7 Å². The number of ether oxygens (including phenoxy) is 2. The Morgan fingerprint density at radius 3 is 2.58 bits per heavy atom. The molecule has 124 valence electrons. The summed E-state index contributed by atoms with van der Waals surface area (Å²) in [6.07, 6.45) is 1.57. The molecule has 2 aromatic rings. The van der Waals surface area contributed by atoms with Gasteiger partial charge in [-0.15, -0.1) is 0 Å². The first kappa shape index (κ1) is 14.9. The summed E-state index contributed by atoms with van der Waals surface area (Å²) in [6, 6.07) is 9.80. The molecule has 0 radical (unpaired) electrons. The molecule has 1 amide bonds. The number of hydrogen-bond acceptors (Lipinski definition) is 4. The molecule has 5 heteroatoms. The smallest absolute Gasteiger partial charge is 0.259 e. The zero-order valence-electron chi connectivity index (χ0n) is 13.9. The first-order valence-electron chi connectivity index (χ1n) is 8.16. The highest BCUT2D eigenvalue weighted by Gasteiger charge is 2.30. The van der Waals surface area contributed by atoms with Gasteiger partial charge in [-0.1, -0.05) is 0 Å². The van der Waals surface area contributed by atoms with Gasteiger partial charge in [0.25, 0.3) is 5.91 Å². The Morgan fingerprint density at radius 2 is 1.83 bits per heavy atom. The molecule has 5 nitrogen and oxygen atoms in total. The second kappa shape index (κ2) is 5.74. The van der Waals surface area contributed by atoms with Crippen molar-refractivity contribution >= 4 is 17.3 Å². The van der Waals surface area contributed by atoms with Crippen molar-refractivity contribution < 1.29 is 14.3 Å². The molecule has 0 fully saturated rings. The van der Waals surface area contributed by atoms with E-state index in [2.05, 4.69) is 5.32 Å². The van der Waals surface area contributed by atoms with Gasteiger partial charge in [0.1, 0.15) is 11.5 Å². The highest BCUT2D eigenvalue weighted by atomic mass is 16.5. The van der Waals surface area contributed by atoms with E-state index in [1.165, 1.54) is 0 Å². The van der Waals surface area contributed by atoms with E-state index in [4.69, 9.17) is 9.47 Å². The summed E-state index contributed by atoms with van der Waals surface area (Å²) in [5.74, 6) is 1.42. The van der Waals surface area contributed by atoms with Gasteiger partial charge >= 0.3 is 0 Å². The number of rotatable bonds is 3. The van der Waals surface area contributed by atoms with E-state index in [0.717, 1.165) is 46.8 Å². The maximum Gasteiger partial charge on any atom is 0.259 e. The standard InChI is InChI=1S/C19H20N2O3/c1-21(2)14-5-3-13(4-6-14)20-19(22)17-15-8-10-23-16(15)11-12-7-9-24-18(12)17/h3-6,11H,7-10H2,1-2H3,(H,20,22). The summed E-state index contributed by atoms with van der Waals surface area (Å²) in [7, 11) is 3.98. The minimum absolute atomic E-state index is 0.131. The Morgan fingerprint density at radius 1 is 1.08 bits per heavy atom. The van der Waals surface area contributed by atoms with E-state index < -0.39 is 0 Å². The monoisotopic (exact) mass is 324 g/mol. The fourth-order valence-corrected chi connectivity index (χ4v) is 3.26. The molecule has 0 bridgehead atoms. The lowest BCUT2D eigenvalue weighted by Gasteiger charge is -2.15. The molecule has 0 unspecified atom stereocenters. The van der Waals surface area contributed by atoms with Crippen molar-refractivity contribution in [2.75, 3.05) is 37.5 Å². The van der Waals surface area contributed by atoms with Gasteiger partial charge in [0, 0.05) is 49.4 Å². The van der Waals surface area contributed by atoms with Crippen molar-refractivity contribution in [2.45, 2.75) is 12.8 Å². The number of fused-ring (bicyclic) bond motifs is 2. The van der Waals surface area contributed by atoms with Gasteiger partial charge in [0.05, 0.1) is 18.8 Å². The molecular formula is C19H20N2O3. The van der Waals surface area contributed by atoms with E-state index in [1.807, 2.05) is 49.3 Å². The SMILES string of the molecule is CN(C)c1ccc(NC(=O)c2c3c(cc4c2OCC4)OCC3)cc1. The summed E-state index contributed by atoms with van der Waals surface area (Å²) < 4.78 is 11.4. The van der Waals surface area contributed by atoms with Gasteiger partial charge in [-0.3, -0.25) is 4.79 Å². The van der Waals surface area contributed by atoms with Crippen LogP contribution >= 0.6 is 0 Å². The molecule has 24 heavy (non-hydrogen) atoms. The lowest BCUT2D eigenvalue weighted by molar-refractivity contribution is 0.102. The van der Waals surface area contributed by atoms with Crippen LogP contribution in [-0.2, 0) is 12.8 Å². The molecule has 0 saturated heterocycles. The average Bonchev–Trinajstić information content (AvgIpc) is 3.21. The van der Waals surface area contributed by atoms with Crippen LogP contribution in [0.25, 0.3) is 0 Å². The highest BCUT2D eigenvalue weighted by molar-refractivity contribution is 6.08. The van der Waals surface area contributed by atoms with E-state index in [-0.39, 0.29) is 5.91 Å². The Hall–Kier alpha value is -2.69. The molecule has 2 aromatic carbocycles. The molecule has 4 rings (SSSR count). The minimum atomic E-state index is -0.131. The fraction of sp³-hybridized carbons (Fsp3) is 0.316. The molecule has 2 heterocycles. The molecule has 0 aliphatic carbocycles. The number of benzene rings is 2. The van der Waals surface area contributed by atoms with Crippen LogP contribution in [0.5, 0.6) is 11.5 Å². The molecule has 0 atom stereocenters. The fourth-order valence-electron chi connectivity index (χ4n) is 3.26. The largest absolute Gasteiger partial charge is 0.493 e. The summed E-state index contributed by atoms with van der Waals surface area (Å²) in [5, 5.41) is 2.99. The summed E-state index contributed by atoms with van der Waals surface area (Å²) in [6.45, 7) is 1.24. The number of nitrogens with one attached hydrogen (secondary N) is 1. The quantitative estimate of drug-likeness (QED) is 0.943. The van der Waals surface area contributed by atoms with Crippen molar-refractivity contribution in [3.8, 4) is 11.5 Å². The number of nitrogens with zero attached hydrogens (tertiary/aromatic N) is 1. The predicted octanol–water partition coefficient (Wildman–Crippen LogP) is 2.87. The van der Waals surface area contributed by atoms with Gasteiger partial charge in [0.2, 0.25) is 0 Å². The molecule has 1 N–H and O–H groups in total. The van der Waals surface area contributed by atoms with E-state index in [1.54, 1.807) is 0 Å². The van der Waals surface area contributed by atoms with Crippen LogP contribution in [0.1, 0.15) is 21.5 Å². The maximum absolute atomic E-state index is 12.9. The van der Waals surface area contributed by atoms with Crippen molar-refractivity contribution in [3.05, 3.63) is 47.0 Å². The van der Waals surface area contributed by atoms with Crippen molar-refractivity contribution in [1.82, 2.24) is 0 Å². The van der Waals surface area contributed by atoms with E-state index >= 15 is 0 Å². The number of hydrogen-bond donors (Lipinski definition) is 1. The normalized spacial score (nSPS) is 14.4. The summed E-state index contributed by atoms with van der Waals surface area (Å²) in [4.78, 5) is 14.9.